The molecule has 96 valence electrons. The molecule has 7 N–H and O–H groups in total. The molecule has 1 atom stereocenters. The first kappa shape index (κ1) is 13.7. The Morgan fingerprint density at radius 3 is 2.22 bits per heavy atom. The van der Waals surface area contributed by atoms with Gasteiger partial charge in [-0.05, 0) is 24.1 Å². The van der Waals surface area contributed by atoms with E-state index in [2.05, 4.69) is 4.99 Å². The third-order valence-electron chi connectivity index (χ3n) is 2.20. The Morgan fingerprint density at radius 2 is 1.78 bits per heavy atom. The summed E-state index contributed by atoms with van der Waals surface area (Å²) in [4.78, 5) is 25.4. The van der Waals surface area contributed by atoms with Crippen LogP contribution in [-0.4, -0.2) is 29.0 Å². The van der Waals surface area contributed by atoms with Crippen molar-refractivity contribution in [2.75, 3.05) is 0 Å². The number of rotatable bonds is 4. The summed E-state index contributed by atoms with van der Waals surface area (Å²) >= 11 is 0. The molecule has 1 rings (SSSR count). The summed E-state index contributed by atoms with van der Waals surface area (Å²) in [7, 11) is 0. The van der Waals surface area contributed by atoms with Crippen molar-refractivity contribution >= 4 is 17.8 Å². The number of amides is 1. The Labute approximate surface area is 103 Å². The minimum Gasteiger partial charge on any atom is -0.480 e. The second kappa shape index (κ2) is 5.78. The number of benzene rings is 1. The van der Waals surface area contributed by atoms with Crippen molar-refractivity contribution in [1.29, 1.82) is 0 Å². The summed E-state index contributed by atoms with van der Waals surface area (Å²) in [6.45, 7) is 0. The van der Waals surface area contributed by atoms with Crippen molar-refractivity contribution in [3.05, 3.63) is 35.4 Å². The molecule has 0 saturated carbocycles. The first-order valence-electron chi connectivity index (χ1n) is 5.11. The van der Waals surface area contributed by atoms with Crippen LogP contribution in [0, 0.1) is 0 Å². The van der Waals surface area contributed by atoms with Crippen LogP contribution in [0.2, 0.25) is 0 Å². The van der Waals surface area contributed by atoms with Gasteiger partial charge in [-0.1, -0.05) is 12.1 Å². The maximum atomic E-state index is 11.4. The van der Waals surface area contributed by atoms with Crippen LogP contribution in [0.4, 0.5) is 0 Å². The Bertz CT molecular complexity index is 478. The molecule has 0 unspecified atom stereocenters. The molecule has 0 saturated heterocycles. The number of hydrogen-bond donors (Lipinski definition) is 4. The number of aliphatic imine (C=N–C) groups is 1. The van der Waals surface area contributed by atoms with Gasteiger partial charge in [0.2, 0.25) is 0 Å². The fraction of sp³-hybridized carbons (Fsp3) is 0.182. The van der Waals surface area contributed by atoms with E-state index in [1.807, 2.05) is 0 Å². The third-order valence-corrected chi connectivity index (χ3v) is 2.20. The zero-order chi connectivity index (χ0) is 13.7. The molecule has 0 bridgehead atoms. The number of carbonyl (C=O) groups excluding carboxylic acids is 1. The summed E-state index contributed by atoms with van der Waals surface area (Å²) in [5.41, 5.74) is 16.6. The lowest BCUT2D eigenvalue weighted by molar-refractivity contribution is -0.138. The van der Waals surface area contributed by atoms with Crippen LogP contribution < -0.4 is 17.2 Å². The van der Waals surface area contributed by atoms with Gasteiger partial charge in [-0.2, -0.15) is 4.99 Å². The standard InChI is InChI=1S/C11H14N4O3/c12-8(10(17)18)5-6-1-3-7(4-2-6)9(16)15-11(13)14/h1-4,8H,5,12H2,(H,17,18)(H4,13,14,15,16)/t8-/m0/s1. The summed E-state index contributed by atoms with van der Waals surface area (Å²) < 4.78 is 0. The highest BCUT2D eigenvalue weighted by Gasteiger charge is 2.12. The summed E-state index contributed by atoms with van der Waals surface area (Å²) in [6, 6.07) is 5.28. The molecular weight excluding hydrogens is 236 g/mol. The Balaban J connectivity index is 2.77. The van der Waals surface area contributed by atoms with E-state index in [1.165, 1.54) is 12.1 Å². The van der Waals surface area contributed by atoms with Gasteiger partial charge in [-0.25, -0.2) is 0 Å². The van der Waals surface area contributed by atoms with Crippen LogP contribution in [0.25, 0.3) is 0 Å². The quantitative estimate of drug-likeness (QED) is 0.400. The van der Waals surface area contributed by atoms with E-state index in [0.29, 0.717) is 11.1 Å². The normalized spacial score (nSPS) is 11.6. The minimum absolute atomic E-state index is 0.187. The average Bonchev–Trinajstić information content (AvgIpc) is 2.28. The number of aliphatic carboxylic acids is 1. The van der Waals surface area contributed by atoms with Crippen molar-refractivity contribution in [1.82, 2.24) is 0 Å². The lowest BCUT2D eigenvalue weighted by atomic mass is 10.0. The second-order valence-corrected chi connectivity index (χ2v) is 3.69. The molecule has 0 aliphatic carbocycles. The second-order valence-electron chi connectivity index (χ2n) is 3.69. The summed E-state index contributed by atoms with van der Waals surface area (Å²) in [6.07, 6.45) is 0.187. The Morgan fingerprint density at radius 1 is 1.22 bits per heavy atom. The molecular formula is C11H14N4O3. The molecule has 7 heteroatoms. The van der Waals surface area contributed by atoms with Crippen LogP contribution in [0.1, 0.15) is 15.9 Å². The smallest absolute Gasteiger partial charge is 0.320 e. The molecule has 0 aliphatic heterocycles. The zero-order valence-corrected chi connectivity index (χ0v) is 9.54. The Hall–Kier alpha value is -2.41. The van der Waals surface area contributed by atoms with Crippen LogP contribution in [-0.2, 0) is 11.2 Å². The fourth-order valence-electron chi connectivity index (χ4n) is 1.31. The van der Waals surface area contributed by atoms with Gasteiger partial charge in [0.1, 0.15) is 6.04 Å². The number of carboxylic acid groups (broad SMARTS) is 1. The molecule has 0 spiro atoms. The number of hydrogen-bond acceptors (Lipinski definition) is 3. The predicted octanol–water partition coefficient (Wildman–Crippen LogP) is -0.945. The van der Waals surface area contributed by atoms with E-state index >= 15 is 0 Å². The molecule has 0 radical (unpaired) electrons. The number of nitrogens with two attached hydrogens (primary N) is 3. The van der Waals surface area contributed by atoms with E-state index < -0.39 is 17.9 Å². The highest BCUT2D eigenvalue weighted by Crippen LogP contribution is 2.07. The Kier molecular flexibility index (Phi) is 4.39. The van der Waals surface area contributed by atoms with Crippen LogP contribution in [0.5, 0.6) is 0 Å². The highest BCUT2D eigenvalue weighted by atomic mass is 16.4. The van der Waals surface area contributed by atoms with Gasteiger partial charge in [0.25, 0.3) is 5.91 Å². The topological polar surface area (TPSA) is 145 Å². The van der Waals surface area contributed by atoms with Crippen molar-refractivity contribution in [2.24, 2.45) is 22.2 Å². The van der Waals surface area contributed by atoms with Gasteiger partial charge in [-0.15, -0.1) is 0 Å². The maximum absolute atomic E-state index is 11.4. The first-order valence-corrected chi connectivity index (χ1v) is 5.11. The molecule has 18 heavy (non-hydrogen) atoms. The van der Waals surface area contributed by atoms with Gasteiger partial charge < -0.3 is 22.3 Å². The zero-order valence-electron chi connectivity index (χ0n) is 9.54. The van der Waals surface area contributed by atoms with Gasteiger partial charge in [-0.3, -0.25) is 9.59 Å². The van der Waals surface area contributed by atoms with E-state index in [1.54, 1.807) is 12.1 Å². The molecule has 0 heterocycles. The molecule has 0 fully saturated rings. The van der Waals surface area contributed by atoms with Gasteiger partial charge in [0.05, 0.1) is 0 Å². The summed E-state index contributed by atoms with van der Waals surface area (Å²) in [5.74, 6) is -1.93. The number of carboxylic acids is 1. The van der Waals surface area contributed by atoms with Crippen molar-refractivity contribution < 1.29 is 14.7 Å². The predicted molar refractivity (Wildman–Crippen MR) is 65.9 cm³/mol. The SMILES string of the molecule is NC(N)=NC(=O)c1ccc(C[C@H](N)C(=O)O)cc1. The van der Waals surface area contributed by atoms with E-state index in [0.717, 1.165) is 0 Å². The number of carbonyl (C=O) groups is 2. The molecule has 1 aromatic carbocycles. The molecule has 1 aromatic rings. The fourth-order valence-corrected chi connectivity index (χ4v) is 1.31. The van der Waals surface area contributed by atoms with E-state index in [-0.39, 0.29) is 12.4 Å². The molecule has 0 aromatic heterocycles. The third kappa shape index (κ3) is 3.87. The average molecular weight is 250 g/mol. The number of guanidine groups is 1. The van der Waals surface area contributed by atoms with Crippen LogP contribution in [0.15, 0.2) is 29.3 Å². The van der Waals surface area contributed by atoms with E-state index in [4.69, 9.17) is 22.3 Å². The van der Waals surface area contributed by atoms with Crippen molar-refractivity contribution in [2.45, 2.75) is 12.5 Å². The van der Waals surface area contributed by atoms with Gasteiger partial charge in [0.15, 0.2) is 5.96 Å². The lowest BCUT2D eigenvalue weighted by Gasteiger charge is -2.06. The van der Waals surface area contributed by atoms with Crippen molar-refractivity contribution in [3.8, 4) is 0 Å². The monoisotopic (exact) mass is 250 g/mol. The highest BCUT2D eigenvalue weighted by molar-refractivity contribution is 6.01. The largest absolute Gasteiger partial charge is 0.480 e. The van der Waals surface area contributed by atoms with E-state index in [9.17, 15) is 9.59 Å². The maximum Gasteiger partial charge on any atom is 0.320 e. The van der Waals surface area contributed by atoms with Gasteiger partial charge in [0, 0.05) is 5.56 Å². The number of nitrogens with zero attached hydrogens (tertiary/aromatic N) is 1. The minimum atomic E-state index is -1.07. The van der Waals surface area contributed by atoms with Crippen LogP contribution >= 0.6 is 0 Å². The van der Waals surface area contributed by atoms with Crippen LogP contribution in [0.3, 0.4) is 0 Å². The van der Waals surface area contributed by atoms with Crippen molar-refractivity contribution in [3.63, 3.8) is 0 Å². The first-order chi connectivity index (χ1) is 8.40. The van der Waals surface area contributed by atoms with Gasteiger partial charge >= 0.3 is 5.97 Å². The molecule has 0 aliphatic rings. The summed E-state index contributed by atoms with van der Waals surface area (Å²) in [5, 5.41) is 8.66. The molecule has 7 nitrogen and oxygen atoms in total. The molecule has 1 amide bonds. The lowest BCUT2D eigenvalue weighted by Crippen LogP contribution is -2.32.